The van der Waals surface area contributed by atoms with Crippen molar-refractivity contribution >= 4 is 5.97 Å². The van der Waals surface area contributed by atoms with Crippen LogP contribution in [0.5, 0.6) is 5.75 Å². The Morgan fingerprint density at radius 2 is 2.10 bits per heavy atom. The highest BCUT2D eigenvalue weighted by Crippen LogP contribution is 2.42. The van der Waals surface area contributed by atoms with Crippen molar-refractivity contribution in [2.75, 3.05) is 19.8 Å². The number of hydrogen-bond acceptors (Lipinski definition) is 6. The number of hydrogen-bond donors (Lipinski definition) is 2. The van der Waals surface area contributed by atoms with Crippen LogP contribution < -0.4 is 4.74 Å². The van der Waals surface area contributed by atoms with Gasteiger partial charge in [0.15, 0.2) is 0 Å². The van der Waals surface area contributed by atoms with Crippen LogP contribution in [-0.4, -0.2) is 54.3 Å². The molecule has 0 aromatic heterocycles. The zero-order chi connectivity index (χ0) is 22.1. The van der Waals surface area contributed by atoms with E-state index in [1.807, 2.05) is 43.3 Å². The van der Waals surface area contributed by atoms with Gasteiger partial charge in [0.05, 0.1) is 18.8 Å². The number of carbonyl (C=O) groups is 1. The number of aliphatic hydroxyl groups excluding tert-OH is 2. The molecule has 0 bridgehead atoms. The quantitative estimate of drug-likeness (QED) is 0.435. The van der Waals surface area contributed by atoms with Gasteiger partial charge < -0.3 is 24.4 Å². The van der Waals surface area contributed by atoms with Crippen LogP contribution >= 0.6 is 0 Å². The highest BCUT2D eigenvalue weighted by Gasteiger charge is 2.43. The van der Waals surface area contributed by atoms with E-state index >= 15 is 0 Å². The van der Waals surface area contributed by atoms with Gasteiger partial charge in [-0.3, -0.25) is 4.79 Å². The summed E-state index contributed by atoms with van der Waals surface area (Å²) in [5.74, 6) is 1.27. The fourth-order valence-electron chi connectivity index (χ4n) is 4.72. The fourth-order valence-corrected chi connectivity index (χ4v) is 4.72. The molecular formula is C25H36O6. The van der Waals surface area contributed by atoms with Crippen LogP contribution in [0.4, 0.5) is 0 Å². The summed E-state index contributed by atoms with van der Waals surface area (Å²) in [7, 11) is 0. The molecule has 172 valence electrons. The molecule has 0 radical (unpaired) electrons. The van der Waals surface area contributed by atoms with Gasteiger partial charge in [0, 0.05) is 25.4 Å². The summed E-state index contributed by atoms with van der Waals surface area (Å²) in [4.78, 5) is 11.5. The zero-order valence-corrected chi connectivity index (χ0v) is 18.4. The Kier molecular flexibility index (Phi) is 9.37. The molecule has 2 aliphatic rings. The van der Waals surface area contributed by atoms with E-state index in [0.717, 1.165) is 31.4 Å². The highest BCUT2D eigenvalue weighted by atomic mass is 16.5. The predicted octanol–water partition coefficient (Wildman–Crippen LogP) is 3.51. The van der Waals surface area contributed by atoms with Crippen LogP contribution in [0.25, 0.3) is 0 Å². The van der Waals surface area contributed by atoms with Crippen LogP contribution in [0.15, 0.2) is 42.5 Å². The van der Waals surface area contributed by atoms with Crippen molar-refractivity contribution in [1.82, 2.24) is 0 Å². The summed E-state index contributed by atoms with van der Waals surface area (Å²) >= 11 is 0. The molecule has 3 rings (SSSR count). The van der Waals surface area contributed by atoms with Gasteiger partial charge in [-0.05, 0) is 56.6 Å². The molecule has 1 saturated heterocycles. The topological polar surface area (TPSA) is 85.2 Å². The number of para-hydroxylation sites is 1. The molecule has 1 aliphatic carbocycles. The monoisotopic (exact) mass is 432 g/mol. The van der Waals surface area contributed by atoms with Gasteiger partial charge in [-0.2, -0.15) is 0 Å². The summed E-state index contributed by atoms with van der Waals surface area (Å²) < 4.78 is 16.8. The zero-order valence-electron chi connectivity index (χ0n) is 18.4. The molecule has 1 aromatic rings. The second kappa shape index (κ2) is 12.2. The molecule has 1 heterocycles. The van der Waals surface area contributed by atoms with E-state index in [-0.39, 0.29) is 30.5 Å². The number of benzene rings is 1. The Bertz CT molecular complexity index is 691. The van der Waals surface area contributed by atoms with Crippen LogP contribution in [0.2, 0.25) is 0 Å². The lowest BCUT2D eigenvalue weighted by Crippen LogP contribution is -2.22. The number of ether oxygens (including phenoxy) is 3. The molecule has 2 N–H and O–H groups in total. The standard InChI is InChI=1S/C25H36O6/c1-2-29-25(28)10-6-7-18-11-13-22-21(23(27)15-24(22)31-16-18)14-12-19(26)17-30-20-8-4-3-5-9-20/h3-5,8-9,12,14,18-19,21-24,26-27H,2,6-7,10-11,13,15-17H2,1H3/b14-12+/t18?,19?,21-,22-,23-,24+/m1/s1. The summed E-state index contributed by atoms with van der Waals surface area (Å²) in [5.41, 5.74) is 0. The molecule has 0 amide bonds. The minimum absolute atomic E-state index is 0.0188. The van der Waals surface area contributed by atoms with Crippen molar-refractivity contribution in [2.24, 2.45) is 17.8 Å². The van der Waals surface area contributed by atoms with Crippen LogP contribution in [-0.2, 0) is 14.3 Å². The van der Waals surface area contributed by atoms with E-state index in [1.54, 1.807) is 6.08 Å². The van der Waals surface area contributed by atoms with E-state index in [0.29, 0.717) is 32.0 Å². The lowest BCUT2D eigenvalue weighted by molar-refractivity contribution is -0.143. The first-order valence-corrected chi connectivity index (χ1v) is 11.6. The lowest BCUT2D eigenvalue weighted by atomic mass is 9.86. The van der Waals surface area contributed by atoms with Gasteiger partial charge in [-0.1, -0.05) is 30.4 Å². The van der Waals surface area contributed by atoms with Crippen LogP contribution in [0, 0.1) is 17.8 Å². The Morgan fingerprint density at radius 3 is 2.87 bits per heavy atom. The maximum Gasteiger partial charge on any atom is 0.305 e. The normalized spacial score (nSPS) is 29.3. The maximum absolute atomic E-state index is 11.5. The van der Waals surface area contributed by atoms with E-state index in [4.69, 9.17) is 14.2 Å². The molecule has 1 aliphatic heterocycles. The van der Waals surface area contributed by atoms with E-state index in [1.165, 1.54) is 0 Å². The van der Waals surface area contributed by atoms with Crippen molar-refractivity contribution in [3.05, 3.63) is 42.5 Å². The first kappa shape index (κ1) is 23.8. The Balaban J connectivity index is 1.45. The summed E-state index contributed by atoms with van der Waals surface area (Å²) in [6, 6.07) is 9.41. The molecule has 0 spiro atoms. The van der Waals surface area contributed by atoms with E-state index in [9.17, 15) is 15.0 Å². The molecule has 1 aromatic carbocycles. The van der Waals surface area contributed by atoms with Crippen molar-refractivity contribution in [3.63, 3.8) is 0 Å². The smallest absolute Gasteiger partial charge is 0.305 e. The number of esters is 1. The van der Waals surface area contributed by atoms with Crippen molar-refractivity contribution in [2.45, 2.75) is 63.8 Å². The van der Waals surface area contributed by atoms with E-state index in [2.05, 4.69) is 0 Å². The second-order valence-corrected chi connectivity index (χ2v) is 8.63. The number of rotatable bonds is 10. The number of aliphatic hydroxyl groups is 2. The highest BCUT2D eigenvalue weighted by molar-refractivity contribution is 5.69. The third-order valence-electron chi connectivity index (χ3n) is 6.36. The van der Waals surface area contributed by atoms with Crippen molar-refractivity contribution < 1.29 is 29.2 Å². The molecule has 31 heavy (non-hydrogen) atoms. The molecule has 6 nitrogen and oxygen atoms in total. The van der Waals surface area contributed by atoms with Gasteiger partial charge in [0.2, 0.25) is 0 Å². The minimum Gasteiger partial charge on any atom is -0.491 e. The fraction of sp³-hybridized carbons (Fsp3) is 0.640. The van der Waals surface area contributed by atoms with Crippen molar-refractivity contribution in [1.29, 1.82) is 0 Å². The summed E-state index contributed by atoms with van der Waals surface area (Å²) in [6.07, 6.45) is 7.44. The third kappa shape index (κ3) is 7.34. The second-order valence-electron chi connectivity index (χ2n) is 8.63. The molecular weight excluding hydrogens is 396 g/mol. The Morgan fingerprint density at radius 1 is 1.29 bits per heavy atom. The minimum atomic E-state index is -0.728. The first-order chi connectivity index (χ1) is 15.1. The lowest BCUT2D eigenvalue weighted by Gasteiger charge is -2.21. The molecule has 2 unspecified atom stereocenters. The van der Waals surface area contributed by atoms with Gasteiger partial charge >= 0.3 is 5.97 Å². The van der Waals surface area contributed by atoms with Gasteiger partial charge in [-0.15, -0.1) is 0 Å². The third-order valence-corrected chi connectivity index (χ3v) is 6.36. The summed E-state index contributed by atoms with van der Waals surface area (Å²) in [5, 5.41) is 20.8. The largest absolute Gasteiger partial charge is 0.491 e. The van der Waals surface area contributed by atoms with Crippen molar-refractivity contribution in [3.8, 4) is 5.75 Å². The molecule has 6 atom stereocenters. The van der Waals surface area contributed by atoms with Gasteiger partial charge in [-0.25, -0.2) is 0 Å². The maximum atomic E-state index is 11.5. The summed E-state index contributed by atoms with van der Waals surface area (Å²) in [6.45, 7) is 3.11. The van der Waals surface area contributed by atoms with Crippen LogP contribution in [0.3, 0.4) is 0 Å². The van der Waals surface area contributed by atoms with Gasteiger partial charge in [0.25, 0.3) is 0 Å². The number of carbonyl (C=O) groups excluding carboxylic acids is 1. The predicted molar refractivity (Wildman–Crippen MR) is 118 cm³/mol. The Hall–Kier alpha value is -1.89. The van der Waals surface area contributed by atoms with E-state index < -0.39 is 12.2 Å². The average Bonchev–Trinajstić information content (AvgIpc) is 2.93. The molecule has 2 fully saturated rings. The molecule has 6 heteroatoms. The SMILES string of the molecule is CCOC(=O)CCCC1CC[C@@H]2[C@@H](/C=C/C(O)COc3ccccc3)[C@H](O)C[C@@H]2OC1. The first-order valence-electron chi connectivity index (χ1n) is 11.6. The Labute approximate surface area is 185 Å². The average molecular weight is 433 g/mol. The van der Waals surface area contributed by atoms with Gasteiger partial charge in [0.1, 0.15) is 18.5 Å². The molecule has 1 saturated carbocycles. The van der Waals surface area contributed by atoms with Crippen LogP contribution in [0.1, 0.15) is 45.4 Å². The number of fused-ring (bicyclic) bond motifs is 1.